The van der Waals surface area contributed by atoms with E-state index in [0.29, 0.717) is 30.2 Å². The van der Waals surface area contributed by atoms with Gasteiger partial charge in [-0.05, 0) is 48.5 Å². The van der Waals surface area contributed by atoms with E-state index < -0.39 is 6.23 Å². The van der Waals surface area contributed by atoms with Gasteiger partial charge in [0.1, 0.15) is 12.0 Å². The van der Waals surface area contributed by atoms with Crippen LogP contribution in [0.3, 0.4) is 0 Å². The predicted octanol–water partition coefficient (Wildman–Crippen LogP) is 2.63. The molecule has 26 heavy (non-hydrogen) atoms. The van der Waals surface area contributed by atoms with Gasteiger partial charge in [-0.25, -0.2) is 0 Å². The molecule has 2 aromatic carbocycles. The quantitative estimate of drug-likeness (QED) is 0.749. The van der Waals surface area contributed by atoms with Crippen LogP contribution in [0.25, 0.3) is 11.4 Å². The molecule has 1 fully saturated rings. The minimum atomic E-state index is -0.656. The van der Waals surface area contributed by atoms with Crippen LogP contribution in [-0.4, -0.2) is 33.1 Å². The SMILES string of the molecule is N#Cc1ccc(N2CC(c3nc(-c4ccc(O)cc4)no3)CC2O)cc1. The van der Waals surface area contributed by atoms with Crippen LogP contribution in [0.1, 0.15) is 23.8 Å². The molecule has 1 aliphatic heterocycles. The van der Waals surface area contributed by atoms with Crippen molar-refractivity contribution >= 4 is 5.69 Å². The normalized spacial score (nSPS) is 19.5. The van der Waals surface area contributed by atoms with E-state index in [-0.39, 0.29) is 11.7 Å². The molecule has 1 aromatic heterocycles. The summed E-state index contributed by atoms with van der Waals surface area (Å²) in [4.78, 5) is 6.30. The van der Waals surface area contributed by atoms with Gasteiger partial charge in [-0.1, -0.05) is 5.16 Å². The number of nitrogens with zero attached hydrogens (tertiary/aromatic N) is 4. The van der Waals surface area contributed by atoms with Crippen molar-refractivity contribution in [3.63, 3.8) is 0 Å². The minimum Gasteiger partial charge on any atom is -0.508 e. The molecule has 0 spiro atoms. The highest BCUT2D eigenvalue weighted by atomic mass is 16.5. The van der Waals surface area contributed by atoms with Crippen molar-refractivity contribution < 1.29 is 14.7 Å². The second kappa shape index (κ2) is 6.50. The third-order valence-electron chi connectivity index (χ3n) is 4.52. The highest BCUT2D eigenvalue weighted by Crippen LogP contribution is 2.34. The third kappa shape index (κ3) is 2.98. The highest BCUT2D eigenvalue weighted by Gasteiger charge is 2.35. The molecule has 0 amide bonds. The summed E-state index contributed by atoms with van der Waals surface area (Å²) in [7, 11) is 0. The number of nitriles is 1. The van der Waals surface area contributed by atoms with Crippen LogP contribution in [0.15, 0.2) is 53.1 Å². The number of anilines is 1. The summed E-state index contributed by atoms with van der Waals surface area (Å²) < 4.78 is 5.40. The molecular weight excluding hydrogens is 332 g/mol. The van der Waals surface area contributed by atoms with Gasteiger partial charge in [0.25, 0.3) is 0 Å². The van der Waals surface area contributed by atoms with Crippen LogP contribution in [0.5, 0.6) is 5.75 Å². The standard InChI is InChI=1S/C19H16N4O3/c20-10-12-1-5-15(6-2-12)23-11-14(9-17(23)25)19-21-18(22-26-19)13-3-7-16(24)8-4-13/h1-8,14,17,24-25H,9,11H2. The number of phenolic OH excluding ortho intramolecular Hbond substituents is 1. The monoisotopic (exact) mass is 348 g/mol. The third-order valence-corrected chi connectivity index (χ3v) is 4.52. The number of benzene rings is 2. The Morgan fingerprint density at radius 3 is 2.54 bits per heavy atom. The van der Waals surface area contributed by atoms with E-state index in [1.54, 1.807) is 36.4 Å². The molecule has 7 heteroatoms. The van der Waals surface area contributed by atoms with Gasteiger partial charge in [-0.15, -0.1) is 0 Å². The fourth-order valence-corrected chi connectivity index (χ4v) is 3.13. The molecule has 2 N–H and O–H groups in total. The first-order valence-electron chi connectivity index (χ1n) is 8.22. The van der Waals surface area contributed by atoms with E-state index in [4.69, 9.17) is 9.78 Å². The van der Waals surface area contributed by atoms with Crippen molar-refractivity contribution in [3.05, 3.63) is 60.0 Å². The van der Waals surface area contributed by atoms with Crippen molar-refractivity contribution in [2.75, 3.05) is 11.4 Å². The average molecular weight is 348 g/mol. The van der Waals surface area contributed by atoms with Gasteiger partial charge in [0.05, 0.1) is 17.6 Å². The number of aliphatic hydroxyl groups excluding tert-OH is 1. The fraction of sp³-hybridized carbons (Fsp3) is 0.211. The van der Waals surface area contributed by atoms with Crippen LogP contribution in [0.4, 0.5) is 5.69 Å². The van der Waals surface area contributed by atoms with Crippen LogP contribution < -0.4 is 4.90 Å². The zero-order valence-corrected chi connectivity index (χ0v) is 13.8. The van der Waals surface area contributed by atoms with Gasteiger partial charge in [0.15, 0.2) is 0 Å². The Hall–Kier alpha value is -3.37. The lowest BCUT2D eigenvalue weighted by molar-refractivity contribution is 0.181. The van der Waals surface area contributed by atoms with E-state index in [1.807, 2.05) is 17.0 Å². The number of aliphatic hydroxyl groups is 1. The minimum absolute atomic E-state index is 0.0843. The molecule has 0 bridgehead atoms. The molecule has 4 rings (SSSR count). The maximum atomic E-state index is 10.4. The van der Waals surface area contributed by atoms with Gasteiger partial charge in [0.2, 0.25) is 11.7 Å². The second-order valence-electron chi connectivity index (χ2n) is 6.23. The number of aromatic hydroxyl groups is 1. The zero-order chi connectivity index (χ0) is 18.1. The van der Waals surface area contributed by atoms with Gasteiger partial charge in [0, 0.05) is 24.2 Å². The summed E-state index contributed by atoms with van der Waals surface area (Å²) in [5.74, 6) is 1.02. The highest BCUT2D eigenvalue weighted by molar-refractivity contribution is 5.56. The molecule has 1 aliphatic rings. The first kappa shape index (κ1) is 16.1. The first-order chi connectivity index (χ1) is 12.6. The predicted molar refractivity (Wildman–Crippen MR) is 93.3 cm³/mol. The first-order valence-corrected chi connectivity index (χ1v) is 8.22. The lowest BCUT2D eigenvalue weighted by Crippen LogP contribution is -2.28. The molecule has 0 saturated carbocycles. The van der Waals surface area contributed by atoms with Crippen molar-refractivity contribution in [3.8, 4) is 23.2 Å². The Morgan fingerprint density at radius 2 is 1.85 bits per heavy atom. The Bertz CT molecular complexity index is 944. The van der Waals surface area contributed by atoms with Crippen LogP contribution in [0, 0.1) is 11.3 Å². The molecule has 1 saturated heterocycles. The van der Waals surface area contributed by atoms with Crippen molar-refractivity contribution in [1.82, 2.24) is 10.1 Å². The maximum absolute atomic E-state index is 10.4. The molecule has 2 unspecified atom stereocenters. The average Bonchev–Trinajstić information content (AvgIpc) is 3.29. The molecular formula is C19H16N4O3. The largest absolute Gasteiger partial charge is 0.508 e. The summed E-state index contributed by atoms with van der Waals surface area (Å²) in [6.45, 7) is 0.546. The molecule has 2 heterocycles. The van der Waals surface area contributed by atoms with Gasteiger partial charge >= 0.3 is 0 Å². The number of aromatic nitrogens is 2. The van der Waals surface area contributed by atoms with Gasteiger partial charge in [-0.2, -0.15) is 10.2 Å². The number of hydrogen-bond donors (Lipinski definition) is 2. The Labute approximate surface area is 149 Å². The topological polar surface area (TPSA) is 106 Å². The van der Waals surface area contributed by atoms with Crippen molar-refractivity contribution in [1.29, 1.82) is 5.26 Å². The summed E-state index contributed by atoms with van der Waals surface area (Å²) in [5.41, 5.74) is 2.17. The van der Waals surface area contributed by atoms with Gasteiger partial charge in [-0.3, -0.25) is 0 Å². The Kier molecular flexibility index (Phi) is 4.03. The molecule has 2 atom stereocenters. The molecule has 130 valence electrons. The molecule has 7 nitrogen and oxygen atoms in total. The van der Waals surface area contributed by atoms with E-state index in [0.717, 1.165) is 11.3 Å². The summed E-state index contributed by atoms with van der Waals surface area (Å²) in [6.07, 6.45) is -0.172. The number of hydrogen-bond acceptors (Lipinski definition) is 7. The van der Waals surface area contributed by atoms with Crippen molar-refractivity contribution in [2.45, 2.75) is 18.6 Å². The molecule has 3 aromatic rings. The van der Waals surface area contributed by atoms with E-state index in [2.05, 4.69) is 16.2 Å². The lowest BCUT2D eigenvalue weighted by atomic mass is 10.1. The second-order valence-corrected chi connectivity index (χ2v) is 6.23. The van der Waals surface area contributed by atoms with Crippen LogP contribution in [-0.2, 0) is 0 Å². The summed E-state index contributed by atoms with van der Waals surface area (Å²) in [5, 5.41) is 32.7. The Balaban J connectivity index is 1.52. The van der Waals surface area contributed by atoms with E-state index in [1.165, 1.54) is 0 Å². The smallest absolute Gasteiger partial charge is 0.232 e. The summed E-state index contributed by atoms with van der Waals surface area (Å²) in [6, 6.07) is 15.7. The van der Waals surface area contributed by atoms with Crippen molar-refractivity contribution in [2.24, 2.45) is 0 Å². The maximum Gasteiger partial charge on any atom is 0.232 e. The summed E-state index contributed by atoms with van der Waals surface area (Å²) >= 11 is 0. The number of phenols is 1. The fourth-order valence-electron chi connectivity index (χ4n) is 3.13. The Morgan fingerprint density at radius 1 is 1.12 bits per heavy atom. The van der Waals surface area contributed by atoms with Crippen LogP contribution >= 0.6 is 0 Å². The zero-order valence-electron chi connectivity index (χ0n) is 13.8. The van der Waals surface area contributed by atoms with E-state index in [9.17, 15) is 10.2 Å². The molecule has 0 radical (unpaired) electrons. The lowest BCUT2D eigenvalue weighted by Gasteiger charge is -2.22. The number of rotatable bonds is 3. The van der Waals surface area contributed by atoms with E-state index >= 15 is 0 Å². The van der Waals surface area contributed by atoms with Gasteiger partial charge < -0.3 is 19.6 Å². The molecule has 0 aliphatic carbocycles. The van der Waals surface area contributed by atoms with Crippen LogP contribution in [0.2, 0.25) is 0 Å².